The molecular formula is C17H33NO. The summed E-state index contributed by atoms with van der Waals surface area (Å²) in [6, 6.07) is -0.232. The Morgan fingerprint density at radius 1 is 1.11 bits per heavy atom. The number of Topliss-reactive ketones (excluding diaryl/α,β-unsaturated/α-hetero) is 1. The highest BCUT2D eigenvalue weighted by molar-refractivity contribution is 5.81. The van der Waals surface area contributed by atoms with Crippen molar-refractivity contribution >= 4 is 5.78 Å². The number of nitrogens with two attached hydrogens (primary N) is 1. The predicted octanol–water partition coefficient (Wildman–Crippen LogP) is 4.46. The van der Waals surface area contributed by atoms with Crippen LogP contribution in [0.5, 0.6) is 0 Å². The molecule has 0 bridgehead atoms. The molecule has 0 amide bonds. The fourth-order valence-electron chi connectivity index (χ4n) is 3.21. The van der Waals surface area contributed by atoms with Crippen LogP contribution < -0.4 is 5.73 Å². The Kier molecular flexibility index (Phi) is 8.36. The summed E-state index contributed by atoms with van der Waals surface area (Å²) in [5.74, 6) is 1.87. The van der Waals surface area contributed by atoms with Gasteiger partial charge in [0.2, 0.25) is 0 Å². The van der Waals surface area contributed by atoms with E-state index in [1.807, 2.05) is 0 Å². The van der Waals surface area contributed by atoms with Gasteiger partial charge in [-0.15, -0.1) is 0 Å². The molecule has 0 aliphatic heterocycles. The summed E-state index contributed by atoms with van der Waals surface area (Å²) >= 11 is 0. The zero-order valence-electron chi connectivity index (χ0n) is 13.0. The minimum Gasteiger partial charge on any atom is -0.322 e. The third-order valence-corrected chi connectivity index (χ3v) is 4.78. The predicted molar refractivity (Wildman–Crippen MR) is 82.1 cm³/mol. The van der Waals surface area contributed by atoms with Crippen LogP contribution in [-0.4, -0.2) is 11.8 Å². The normalized spacial score (nSPS) is 20.2. The summed E-state index contributed by atoms with van der Waals surface area (Å²) in [5.41, 5.74) is 5.77. The number of hydrogen-bond acceptors (Lipinski definition) is 2. The number of carbonyl (C=O) groups excluding carboxylic acids is 1. The minimum atomic E-state index is -0.232. The maximum absolute atomic E-state index is 11.1. The van der Waals surface area contributed by atoms with Crippen molar-refractivity contribution < 1.29 is 4.79 Å². The number of hydrogen-bond donors (Lipinski definition) is 1. The lowest BCUT2D eigenvalue weighted by molar-refractivity contribution is -0.118. The molecule has 1 rings (SSSR count). The van der Waals surface area contributed by atoms with Gasteiger partial charge in [-0.1, -0.05) is 64.7 Å². The van der Waals surface area contributed by atoms with Gasteiger partial charge in [-0.25, -0.2) is 0 Å². The van der Waals surface area contributed by atoms with Crippen LogP contribution in [-0.2, 0) is 4.79 Å². The monoisotopic (exact) mass is 267 g/mol. The van der Waals surface area contributed by atoms with Crippen molar-refractivity contribution in [1.29, 1.82) is 0 Å². The first-order valence-electron chi connectivity index (χ1n) is 8.35. The molecule has 0 heterocycles. The van der Waals surface area contributed by atoms with Gasteiger partial charge in [-0.05, 0) is 31.6 Å². The summed E-state index contributed by atoms with van der Waals surface area (Å²) in [4.78, 5) is 11.1. The Labute approximate surface area is 119 Å². The summed E-state index contributed by atoms with van der Waals surface area (Å²) in [7, 11) is 0. The van der Waals surface area contributed by atoms with Crippen LogP contribution in [0.1, 0.15) is 84.5 Å². The van der Waals surface area contributed by atoms with E-state index in [9.17, 15) is 4.79 Å². The molecule has 0 aromatic carbocycles. The Hall–Kier alpha value is -0.370. The van der Waals surface area contributed by atoms with Crippen molar-refractivity contribution in [3.63, 3.8) is 0 Å². The van der Waals surface area contributed by atoms with E-state index >= 15 is 0 Å². The lowest BCUT2D eigenvalue weighted by Gasteiger charge is -2.21. The van der Waals surface area contributed by atoms with E-state index in [2.05, 4.69) is 6.92 Å². The van der Waals surface area contributed by atoms with Gasteiger partial charge in [0.25, 0.3) is 0 Å². The third-order valence-electron chi connectivity index (χ3n) is 4.78. The molecular weight excluding hydrogens is 234 g/mol. The van der Waals surface area contributed by atoms with E-state index in [0.29, 0.717) is 0 Å². The molecule has 0 radical (unpaired) electrons. The topological polar surface area (TPSA) is 43.1 Å². The molecule has 0 aromatic rings. The Bertz CT molecular complexity index is 246. The van der Waals surface area contributed by atoms with Gasteiger partial charge < -0.3 is 5.73 Å². The van der Waals surface area contributed by atoms with Crippen molar-refractivity contribution in [2.24, 2.45) is 17.6 Å². The van der Waals surface area contributed by atoms with Crippen LogP contribution in [0.2, 0.25) is 0 Å². The molecule has 2 heteroatoms. The van der Waals surface area contributed by atoms with Gasteiger partial charge in [0.1, 0.15) is 5.78 Å². The van der Waals surface area contributed by atoms with Gasteiger partial charge in [0.15, 0.2) is 0 Å². The molecule has 2 atom stereocenters. The maximum Gasteiger partial charge on any atom is 0.146 e. The SMILES string of the molecule is CC(=O)[C@@H](N)CC[C@H](C)CCCCC1CCCCC1. The van der Waals surface area contributed by atoms with Crippen molar-refractivity contribution in [2.45, 2.75) is 90.5 Å². The maximum atomic E-state index is 11.1. The van der Waals surface area contributed by atoms with Crippen LogP contribution >= 0.6 is 0 Å². The highest BCUT2D eigenvalue weighted by atomic mass is 16.1. The van der Waals surface area contributed by atoms with Gasteiger partial charge in [-0.2, -0.15) is 0 Å². The molecule has 2 N–H and O–H groups in total. The Morgan fingerprint density at radius 2 is 1.79 bits per heavy atom. The Morgan fingerprint density at radius 3 is 2.42 bits per heavy atom. The fraction of sp³-hybridized carbons (Fsp3) is 0.941. The van der Waals surface area contributed by atoms with Crippen LogP contribution in [0, 0.1) is 11.8 Å². The molecule has 0 spiro atoms. The van der Waals surface area contributed by atoms with Gasteiger partial charge in [0, 0.05) is 0 Å². The fourth-order valence-corrected chi connectivity index (χ4v) is 3.21. The average Bonchev–Trinajstić information content (AvgIpc) is 2.42. The van der Waals surface area contributed by atoms with E-state index in [4.69, 9.17) is 5.73 Å². The van der Waals surface area contributed by atoms with Gasteiger partial charge in [-0.3, -0.25) is 4.79 Å². The molecule has 1 saturated carbocycles. The van der Waals surface area contributed by atoms with Crippen LogP contribution in [0.25, 0.3) is 0 Å². The molecule has 1 aliphatic carbocycles. The molecule has 1 aliphatic rings. The zero-order chi connectivity index (χ0) is 14.1. The van der Waals surface area contributed by atoms with Gasteiger partial charge >= 0.3 is 0 Å². The minimum absolute atomic E-state index is 0.129. The number of carbonyl (C=O) groups is 1. The molecule has 1 fully saturated rings. The number of ketones is 1. The second-order valence-electron chi connectivity index (χ2n) is 6.69. The van der Waals surface area contributed by atoms with Gasteiger partial charge in [0.05, 0.1) is 6.04 Å². The number of rotatable bonds is 9. The molecule has 0 aromatic heterocycles. The van der Waals surface area contributed by atoms with E-state index in [1.165, 1.54) is 57.8 Å². The molecule has 0 unspecified atom stereocenters. The number of unbranched alkanes of at least 4 members (excludes halogenated alkanes) is 1. The van der Waals surface area contributed by atoms with E-state index in [-0.39, 0.29) is 11.8 Å². The lowest BCUT2D eigenvalue weighted by Crippen LogP contribution is -2.28. The van der Waals surface area contributed by atoms with Crippen LogP contribution in [0.3, 0.4) is 0 Å². The first kappa shape index (κ1) is 16.7. The highest BCUT2D eigenvalue weighted by Crippen LogP contribution is 2.28. The first-order valence-corrected chi connectivity index (χ1v) is 8.35. The molecule has 0 saturated heterocycles. The van der Waals surface area contributed by atoms with Crippen molar-refractivity contribution in [3.05, 3.63) is 0 Å². The lowest BCUT2D eigenvalue weighted by atomic mass is 9.85. The summed E-state index contributed by atoms with van der Waals surface area (Å²) in [5, 5.41) is 0. The van der Waals surface area contributed by atoms with E-state index < -0.39 is 0 Å². The van der Waals surface area contributed by atoms with Crippen molar-refractivity contribution in [3.8, 4) is 0 Å². The second-order valence-corrected chi connectivity index (χ2v) is 6.69. The van der Waals surface area contributed by atoms with Crippen molar-refractivity contribution in [1.82, 2.24) is 0 Å². The summed E-state index contributed by atoms with van der Waals surface area (Å²) < 4.78 is 0. The third kappa shape index (κ3) is 7.71. The smallest absolute Gasteiger partial charge is 0.146 e. The van der Waals surface area contributed by atoms with E-state index in [0.717, 1.165) is 24.7 Å². The summed E-state index contributed by atoms with van der Waals surface area (Å²) in [6.07, 6.45) is 14.8. The zero-order valence-corrected chi connectivity index (χ0v) is 13.0. The molecule has 2 nitrogen and oxygen atoms in total. The Balaban J connectivity index is 1.97. The largest absolute Gasteiger partial charge is 0.322 e. The quantitative estimate of drug-likeness (QED) is 0.627. The standard InChI is InChI=1S/C17H33NO/c1-14(12-13-17(18)15(2)19)8-6-7-11-16-9-4-3-5-10-16/h14,16-17H,3-13,18H2,1-2H3/t14-,17+/m1/s1. The van der Waals surface area contributed by atoms with Crippen molar-refractivity contribution in [2.75, 3.05) is 0 Å². The first-order chi connectivity index (χ1) is 9.09. The molecule has 112 valence electrons. The van der Waals surface area contributed by atoms with Crippen LogP contribution in [0.4, 0.5) is 0 Å². The highest BCUT2D eigenvalue weighted by Gasteiger charge is 2.13. The average molecular weight is 267 g/mol. The summed E-state index contributed by atoms with van der Waals surface area (Å²) in [6.45, 7) is 3.90. The second kappa shape index (κ2) is 9.52. The van der Waals surface area contributed by atoms with Crippen LogP contribution in [0.15, 0.2) is 0 Å². The van der Waals surface area contributed by atoms with E-state index in [1.54, 1.807) is 6.92 Å². The molecule has 19 heavy (non-hydrogen) atoms.